The fraction of sp³-hybridized carbons (Fsp3) is 0.237. The van der Waals surface area contributed by atoms with Gasteiger partial charge in [-0.2, -0.15) is 5.10 Å². The smallest absolute Gasteiger partial charge is 0.261 e. The van der Waals surface area contributed by atoms with Crippen LogP contribution < -0.4 is 5.32 Å². The molecule has 1 aliphatic heterocycles. The molecule has 7 rings (SSSR count). The Kier molecular flexibility index (Phi) is 12.1. The number of rotatable bonds is 7. The van der Waals surface area contributed by atoms with Crippen LogP contribution in [0, 0.1) is 5.82 Å². The molecule has 0 atom stereocenters. The maximum Gasteiger partial charge on any atom is 0.261 e. The Morgan fingerprint density at radius 2 is 1.69 bits per heavy atom. The molecule has 2 aromatic carbocycles. The van der Waals surface area contributed by atoms with Crippen molar-refractivity contribution in [3.63, 3.8) is 0 Å². The van der Waals surface area contributed by atoms with Gasteiger partial charge in [0.15, 0.2) is 0 Å². The van der Waals surface area contributed by atoms with E-state index in [0.29, 0.717) is 36.5 Å². The minimum Gasteiger partial charge on any atom is -0.353 e. The molecule has 0 radical (unpaired) electrons. The molecule has 1 saturated heterocycles. The number of fused-ring (bicyclic) bond motifs is 2. The first-order valence-corrected chi connectivity index (χ1v) is 15.8. The maximum atomic E-state index is 14.5. The molecule has 48 heavy (non-hydrogen) atoms. The lowest BCUT2D eigenvalue weighted by Gasteiger charge is -2.15. The van der Waals surface area contributed by atoms with Crippen molar-refractivity contribution in [1.29, 1.82) is 0 Å². The van der Waals surface area contributed by atoms with Gasteiger partial charge in [-0.3, -0.25) is 15.0 Å². The third-order valence-electron chi connectivity index (χ3n) is 7.72. The molecule has 7 nitrogen and oxygen atoms in total. The van der Waals surface area contributed by atoms with Crippen molar-refractivity contribution in [3.05, 3.63) is 116 Å². The molecule has 0 aliphatic carbocycles. The van der Waals surface area contributed by atoms with Crippen LogP contribution in [0.4, 0.5) is 13.2 Å². The Bertz CT molecular complexity index is 1960. The average Bonchev–Trinajstić information content (AvgIpc) is 3.83. The number of hydrogen-bond donors (Lipinski definition) is 3. The number of aromatic nitrogens is 5. The first kappa shape index (κ1) is 35.8. The normalized spacial score (nSPS) is 13.6. The van der Waals surface area contributed by atoms with Gasteiger partial charge in [-0.05, 0) is 77.8 Å². The van der Waals surface area contributed by atoms with Crippen LogP contribution in [-0.4, -0.2) is 56.1 Å². The van der Waals surface area contributed by atoms with E-state index in [-0.39, 0.29) is 18.8 Å². The van der Waals surface area contributed by atoms with Crippen molar-refractivity contribution >= 4 is 21.9 Å². The molecule has 1 aliphatic rings. The lowest BCUT2D eigenvalue weighted by Crippen LogP contribution is -2.24. The molecule has 0 unspecified atom stereocenters. The van der Waals surface area contributed by atoms with Gasteiger partial charge in [0.2, 0.25) is 0 Å². The van der Waals surface area contributed by atoms with E-state index in [1.54, 1.807) is 23.4 Å². The van der Waals surface area contributed by atoms with E-state index in [1.807, 2.05) is 69.4 Å². The highest BCUT2D eigenvalue weighted by Gasteiger charge is 2.37. The number of pyridine rings is 2. The number of hydrogen-bond acceptors (Lipinski definition) is 5. The van der Waals surface area contributed by atoms with Crippen molar-refractivity contribution < 1.29 is 13.2 Å². The summed E-state index contributed by atoms with van der Waals surface area (Å²) in [7, 11) is 1.84. The molecular formula is C38H42F3N7. The number of aromatic amines is 2. The van der Waals surface area contributed by atoms with Crippen LogP contribution in [0.1, 0.15) is 31.4 Å². The lowest BCUT2D eigenvalue weighted by molar-refractivity contribution is 0.0115. The molecule has 1 fully saturated rings. The third kappa shape index (κ3) is 7.90. The summed E-state index contributed by atoms with van der Waals surface area (Å²) >= 11 is 0. The van der Waals surface area contributed by atoms with E-state index < -0.39 is 5.92 Å². The van der Waals surface area contributed by atoms with E-state index >= 15 is 0 Å². The number of nitrogens with zero attached hydrogens (tertiary/aromatic N) is 4. The van der Waals surface area contributed by atoms with E-state index in [4.69, 9.17) is 4.98 Å². The Labute approximate surface area is 279 Å². The van der Waals surface area contributed by atoms with Crippen LogP contribution in [0.15, 0.2) is 99.4 Å². The fourth-order valence-corrected chi connectivity index (χ4v) is 5.81. The molecule has 3 N–H and O–H groups in total. The van der Waals surface area contributed by atoms with Gasteiger partial charge in [0, 0.05) is 54.9 Å². The van der Waals surface area contributed by atoms with Crippen molar-refractivity contribution in [3.8, 4) is 33.8 Å². The highest BCUT2D eigenvalue weighted by atomic mass is 19.3. The molecule has 0 saturated carbocycles. The quantitative estimate of drug-likeness (QED) is 0.150. The lowest BCUT2D eigenvalue weighted by atomic mass is 9.99. The number of benzene rings is 2. The van der Waals surface area contributed by atoms with Crippen LogP contribution in [0.2, 0.25) is 0 Å². The predicted octanol–water partition coefficient (Wildman–Crippen LogP) is 9.17. The van der Waals surface area contributed by atoms with Gasteiger partial charge in [-0.1, -0.05) is 26.0 Å². The summed E-state index contributed by atoms with van der Waals surface area (Å²) in [5.41, 5.74) is 8.76. The Balaban J connectivity index is 0.000000823. The second-order valence-electron chi connectivity index (χ2n) is 10.9. The summed E-state index contributed by atoms with van der Waals surface area (Å²) in [4.78, 5) is 14.5. The molecular weight excluding hydrogens is 611 g/mol. The van der Waals surface area contributed by atoms with Gasteiger partial charge in [0.05, 0.1) is 23.4 Å². The summed E-state index contributed by atoms with van der Waals surface area (Å²) in [5, 5.41) is 11.7. The first-order valence-electron chi connectivity index (χ1n) is 15.8. The van der Waals surface area contributed by atoms with E-state index in [2.05, 4.69) is 51.8 Å². The van der Waals surface area contributed by atoms with Gasteiger partial charge in [0.25, 0.3) is 5.92 Å². The van der Waals surface area contributed by atoms with Crippen LogP contribution in [0.25, 0.3) is 55.7 Å². The Hall–Kier alpha value is -5.06. The summed E-state index contributed by atoms with van der Waals surface area (Å²) < 4.78 is 41.8. The fourth-order valence-electron chi connectivity index (χ4n) is 5.81. The number of likely N-dealkylation sites (tertiary alicyclic amines) is 1. The van der Waals surface area contributed by atoms with Crippen molar-refractivity contribution in [2.45, 2.75) is 39.3 Å². The zero-order valence-electron chi connectivity index (χ0n) is 27.7. The molecule has 0 amide bonds. The van der Waals surface area contributed by atoms with E-state index in [9.17, 15) is 13.2 Å². The van der Waals surface area contributed by atoms with Crippen molar-refractivity contribution in [2.75, 3.05) is 20.1 Å². The molecule has 6 aromatic rings. The second-order valence-corrected chi connectivity index (χ2v) is 10.9. The Morgan fingerprint density at radius 1 is 0.917 bits per heavy atom. The number of alkyl halides is 2. The van der Waals surface area contributed by atoms with Crippen LogP contribution >= 0.6 is 0 Å². The SMILES string of the molecule is C=C.C=C.CC.CNCc1cc(F)cc(-c2cccc3[nH]c(-c4n[nH]c5ccc(-c6cncc(CN7CCC(F)(F)C7)c6)nc45)cc23)c1. The van der Waals surface area contributed by atoms with Crippen LogP contribution in [-0.2, 0) is 13.1 Å². The molecule has 4 aromatic heterocycles. The molecule has 0 spiro atoms. The largest absolute Gasteiger partial charge is 0.353 e. The Morgan fingerprint density at radius 3 is 2.42 bits per heavy atom. The van der Waals surface area contributed by atoms with Gasteiger partial charge in [-0.15, -0.1) is 26.3 Å². The van der Waals surface area contributed by atoms with Crippen molar-refractivity contribution in [1.82, 2.24) is 35.4 Å². The summed E-state index contributed by atoms with van der Waals surface area (Å²) in [5.74, 6) is -2.91. The monoisotopic (exact) mass is 653 g/mol. The molecule has 10 heteroatoms. The molecule has 250 valence electrons. The van der Waals surface area contributed by atoms with Gasteiger partial charge >= 0.3 is 0 Å². The van der Waals surface area contributed by atoms with Crippen LogP contribution in [0.3, 0.4) is 0 Å². The van der Waals surface area contributed by atoms with Gasteiger partial charge in [0.1, 0.15) is 17.0 Å². The zero-order chi connectivity index (χ0) is 34.8. The third-order valence-corrected chi connectivity index (χ3v) is 7.72. The standard InChI is InChI=1S/C32H28F3N7.C2H6.2C2H4/c1-36-14-19-9-21(12-23(33)11-19)24-3-2-4-27-25(24)13-29(38-27)31-30-28(40-41-31)6-5-26(39-30)22-10-20(15-37-16-22)17-42-8-7-32(34,35)18-42;3*1-2/h2-6,9-13,15-16,36,38H,7-8,14,17-18H2,1H3,(H,40,41);1-2H3;2*1-2H2. The highest BCUT2D eigenvalue weighted by molar-refractivity contribution is 6.00. The number of H-pyrrole nitrogens is 2. The number of nitrogens with one attached hydrogen (secondary N) is 3. The molecule has 5 heterocycles. The predicted molar refractivity (Wildman–Crippen MR) is 191 cm³/mol. The molecule has 0 bridgehead atoms. The van der Waals surface area contributed by atoms with E-state index in [1.165, 1.54) is 6.07 Å². The first-order chi connectivity index (χ1) is 23.3. The zero-order valence-corrected chi connectivity index (χ0v) is 27.7. The van der Waals surface area contributed by atoms with Crippen molar-refractivity contribution in [2.24, 2.45) is 0 Å². The number of halogens is 3. The van der Waals surface area contributed by atoms with Crippen LogP contribution in [0.5, 0.6) is 0 Å². The summed E-state index contributed by atoms with van der Waals surface area (Å²) in [6.45, 7) is 17.1. The minimum absolute atomic E-state index is 0.115. The highest BCUT2D eigenvalue weighted by Crippen LogP contribution is 2.35. The van der Waals surface area contributed by atoms with Gasteiger partial charge in [-0.25, -0.2) is 18.2 Å². The average molecular weight is 654 g/mol. The summed E-state index contributed by atoms with van der Waals surface area (Å²) in [6, 6.07) is 18.8. The topological polar surface area (TPSA) is 85.5 Å². The maximum absolute atomic E-state index is 14.5. The van der Waals surface area contributed by atoms with Gasteiger partial charge < -0.3 is 10.3 Å². The summed E-state index contributed by atoms with van der Waals surface area (Å²) in [6.07, 6.45) is 3.33. The second kappa shape index (κ2) is 16.2. The van der Waals surface area contributed by atoms with E-state index in [0.717, 1.165) is 49.9 Å². The minimum atomic E-state index is -2.63.